The number of rotatable bonds is 3. The van der Waals surface area contributed by atoms with Crippen LogP contribution in [0.2, 0.25) is 5.15 Å². The molecule has 4 rings (SSSR count). The van der Waals surface area contributed by atoms with E-state index in [9.17, 15) is 4.79 Å². The van der Waals surface area contributed by atoms with Crippen molar-refractivity contribution < 1.29 is 9.53 Å². The number of nitrogens with zero attached hydrogens (tertiary/aromatic N) is 2. The smallest absolute Gasteiger partial charge is 0.228 e. The van der Waals surface area contributed by atoms with Crippen LogP contribution in [0.25, 0.3) is 10.8 Å². The number of hydrogen-bond acceptors (Lipinski definition) is 5. The average molecular weight is 347 g/mol. The summed E-state index contributed by atoms with van der Waals surface area (Å²) in [4.78, 5) is 20.7. The number of hydrogen-bond donors (Lipinski definition) is 2. The number of nitrogen functional groups attached to an aromatic ring is 1. The predicted octanol–water partition coefficient (Wildman–Crippen LogP) is 2.87. The van der Waals surface area contributed by atoms with Crippen molar-refractivity contribution in [3.8, 4) is 0 Å². The molecule has 1 amide bonds. The molecule has 7 heteroatoms. The van der Waals surface area contributed by atoms with Gasteiger partial charge >= 0.3 is 0 Å². The molecule has 126 valence electrons. The van der Waals surface area contributed by atoms with Gasteiger partial charge in [0, 0.05) is 30.7 Å². The predicted molar refractivity (Wildman–Crippen MR) is 92.7 cm³/mol. The van der Waals surface area contributed by atoms with Crippen molar-refractivity contribution in [3.63, 3.8) is 0 Å². The third-order valence-corrected chi connectivity index (χ3v) is 5.21. The summed E-state index contributed by atoms with van der Waals surface area (Å²) in [6.07, 6.45) is 4.71. The number of halogens is 1. The van der Waals surface area contributed by atoms with E-state index in [0.717, 1.165) is 43.2 Å². The minimum atomic E-state index is 0.0477. The molecule has 2 aliphatic rings. The molecule has 2 aromatic heterocycles. The first-order chi connectivity index (χ1) is 11.6. The molecule has 2 atom stereocenters. The Balaban J connectivity index is 1.45. The normalized spacial score (nSPS) is 24.0. The fourth-order valence-corrected chi connectivity index (χ4v) is 3.82. The van der Waals surface area contributed by atoms with Crippen LogP contribution in [0.15, 0.2) is 18.3 Å². The number of aromatic nitrogens is 2. The quantitative estimate of drug-likeness (QED) is 0.834. The van der Waals surface area contributed by atoms with Crippen molar-refractivity contribution in [1.82, 2.24) is 9.97 Å². The lowest BCUT2D eigenvalue weighted by molar-refractivity contribution is -0.117. The van der Waals surface area contributed by atoms with Crippen molar-refractivity contribution >= 4 is 39.9 Å². The van der Waals surface area contributed by atoms with E-state index in [1.54, 1.807) is 18.3 Å². The third-order valence-electron chi connectivity index (χ3n) is 5.01. The largest absolute Gasteiger partial charge is 0.383 e. The Morgan fingerprint density at radius 3 is 2.92 bits per heavy atom. The highest BCUT2D eigenvalue weighted by Crippen LogP contribution is 2.48. The number of amides is 1. The molecule has 1 saturated heterocycles. The van der Waals surface area contributed by atoms with Gasteiger partial charge in [-0.2, -0.15) is 0 Å². The highest BCUT2D eigenvalue weighted by Gasteiger charge is 2.47. The van der Waals surface area contributed by atoms with E-state index in [-0.39, 0.29) is 11.8 Å². The van der Waals surface area contributed by atoms with Crippen LogP contribution in [-0.2, 0) is 9.53 Å². The van der Waals surface area contributed by atoms with E-state index >= 15 is 0 Å². The second-order valence-electron chi connectivity index (χ2n) is 6.57. The average Bonchev–Trinajstić information content (AvgIpc) is 3.36. The molecule has 1 saturated carbocycles. The first-order valence-electron chi connectivity index (χ1n) is 8.22. The Morgan fingerprint density at radius 1 is 1.33 bits per heavy atom. The van der Waals surface area contributed by atoms with E-state index in [0.29, 0.717) is 28.6 Å². The number of fused-ring (bicyclic) bond motifs is 1. The van der Waals surface area contributed by atoms with E-state index in [2.05, 4.69) is 15.3 Å². The minimum Gasteiger partial charge on any atom is -0.383 e. The van der Waals surface area contributed by atoms with Crippen LogP contribution < -0.4 is 11.1 Å². The molecule has 2 aromatic rings. The molecule has 3 heterocycles. The first kappa shape index (κ1) is 15.6. The van der Waals surface area contributed by atoms with Gasteiger partial charge in [0.2, 0.25) is 5.91 Å². The van der Waals surface area contributed by atoms with Crippen LogP contribution >= 0.6 is 11.6 Å². The lowest BCUT2D eigenvalue weighted by Gasteiger charge is -2.21. The number of carbonyl (C=O) groups excluding carboxylic acids is 1. The molecule has 6 nitrogen and oxygen atoms in total. The Hall–Kier alpha value is -1.92. The summed E-state index contributed by atoms with van der Waals surface area (Å²) in [5.41, 5.74) is 5.83. The topological polar surface area (TPSA) is 90.1 Å². The molecule has 24 heavy (non-hydrogen) atoms. The van der Waals surface area contributed by atoms with Crippen molar-refractivity contribution in [2.45, 2.75) is 19.3 Å². The van der Waals surface area contributed by atoms with E-state index in [1.165, 1.54) is 0 Å². The number of nitrogens with one attached hydrogen (secondary N) is 1. The second-order valence-corrected chi connectivity index (χ2v) is 6.95. The van der Waals surface area contributed by atoms with Crippen molar-refractivity contribution in [2.75, 3.05) is 24.3 Å². The van der Waals surface area contributed by atoms with Crippen LogP contribution in [0.5, 0.6) is 0 Å². The molecule has 1 aliphatic heterocycles. The summed E-state index contributed by atoms with van der Waals surface area (Å²) in [6.45, 7) is 1.63. The first-order valence-corrected chi connectivity index (χ1v) is 8.60. The van der Waals surface area contributed by atoms with Gasteiger partial charge in [-0.1, -0.05) is 11.6 Å². The highest BCUT2D eigenvalue weighted by molar-refractivity contribution is 6.30. The zero-order valence-corrected chi connectivity index (χ0v) is 13.9. The molecule has 3 N–H and O–H groups in total. The Bertz CT molecular complexity index is 791. The molecule has 0 radical (unpaired) electrons. The maximum Gasteiger partial charge on any atom is 0.228 e. The van der Waals surface area contributed by atoms with Crippen LogP contribution in [0.1, 0.15) is 19.3 Å². The van der Waals surface area contributed by atoms with Gasteiger partial charge in [0.1, 0.15) is 16.8 Å². The van der Waals surface area contributed by atoms with Crippen LogP contribution in [0.3, 0.4) is 0 Å². The molecule has 0 bridgehead atoms. The maximum atomic E-state index is 12.5. The van der Waals surface area contributed by atoms with Gasteiger partial charge in [0.25, 0.3) is 0 Å². The second kappa shape index (κ2) is 6.18. The summed E-state index contributed by atoms with van der Waals surface area (Å²) in [5, 5.41) is 4.78. The van der Waals surface area contributed by atoms with Crippen molar-refractivity contribution in [1.29, 1.82) is 0 Å². The zero-order chi connectivity index (χ0) is 16.7. The number of carbonyl (C=O) groups is 1. The zero-order valence-electron chi connectivity index (χ0n) is 13.2. The molecule has 1 aliphatic carbocycles. The summed E-state index contributed by atoms with van der Waals surface area (Å²) < 4.78 is 5.39. The van der Waals surface area contributed by atoms with Crippen LogP contribution in [0, 0.1) is 17.8 Å². The fraction of sp³-hybridized carbons (Fsp3) is 0.471. The standard InChI is InChI=1S/C17H19ClN4O2/c18-14-5-10-6-15(20-8-13(10)16(19)21-14)22-17(23)12-7-11(12)9-1-3-24-4-2-9/h5-6,8-9,11-12H,1-4,7H2,(H2,19,21)(H,20,22,23). The lowest BCUT2D eigenvalue weighted by Crippen LogP contribution is -2.21. The van der Waals surface area contributed by atoms with E-state index < -0.39 is 0 Å². The molecule has 2 fully saturated rings. The van der Waals surface area contributed by atoms with Crippen LogP contribution in [-0.4, -0.2) is 29.1 Å². The van der Waals surface area contributed by atoms with E-state index in [1.807, 2.05) is 0 Å². The minimum absolute atomic E-state index is 0.0477. The number of ether oxygens (including phenoxy) is 1. The van der Waals surface area contributed by atoms with Crippen molar-refractivity contribution in [2.24, 2.45) is 17.8 Å². The summed E-state index contributed by atoms with van der Waals surface area (Å²) >= 11 is 5.94. The summed E-state index contributed by atoms with van der Waals surface area (Å²) in [5.74, 6) is 2.10. The van der Waals surface area contributed by atoms with Gasteiger partial charge in [0.15, 0.2) is 0 Å². The van der Waals surface area contributed by atoms with Gasteiger partial charge in [-0.05, 0) is 48.6 Å². The lowest BCUT2D eigenvalue weighted by atomic mass is 9.93. The monoisotopic (exact) mass is 346 g/mol. The van der Waals surface area contributed by atoms with Gasteiger partial charge in [-0.3, -0.25) is 4.79 Å². The SMILES string of the molecule is Nc1nc(Cl)cc2cc(NC(=O)C3CC3C3CCOCC3)ncc12. The fourth-order valence-electron chi connectivity index (χ4n) is 3.61. The van der Waals surface area contributed by atoms with E-state index in [4.69, 9.17) is 22.1 Å². The molecular weight excluding hydrogens is 328 g/mol. The van der Waals surface area contributed by atoms with Gasteiger partial charge in [-0.25, -0.2) is 9.97 Å². The number of anilines is 2. The molecule has 0 aromatic carbocycles. The Morgan fingerprint density at radius 2 is 2.12 bits per heavy atom. The van der Waals surface area contributed by atoms with Crippen LogP contribution in [0.4, 0.5) is 11.6 Å². The molecular formula is C17H19ClN4O2. The maximum absolute atomic E-state index is 12.5. The Labute approximate surface area is 144 Å². The summed E-state index contributed by atoms with van der Waals surface area (Å²) in [6, 6.07) is 3.50. The van der Waals surface area contributed by atoms with Gasteiger partial charge in [0.05, 0.1) is 0 Å². The summed E-state index contributed by atoms with van der Waals surface area (Å²) in [7, 11) is 0. The van der Waals surface area contributed by atoms with Gasteiger partial charge in [-0.15, -0.1) is 0 Å². The van der Waals surface area contributed by atoms with Crippen molar-refractivity contribution in [3.05, 3.63) is 23.5 Å². The Kier molecular flexibility index (Phi) is 4.02. The molecule has 2 unspecified atom stereocenters. The molecule has 0 spiro atoms. The van der Waals surface area contributed by atoms with Gasteiger partial charge < -0.3 is 15.8 Å². The number of nitrogens with two attached hydrogens (primary N) is 1. The highest BCUT2D eigenvalue weighted by atomic mass is 35.5. The number of pyridine rings is 2. The third kappa shape index (κ3) is 3.03.